The van der Waals surface area contributed by atoms with Gasteiger partial charge in [0, 0.05) is 16.8 Å². The number of anilines is 1. The average molecular weight is 356 g/mol. The number of hydrogen-bond acceptors (Lipinski definition) is 4. The van der Waals surface area contributed by atoms with Crippen molar-refractivity contribution < 1.29 is 19.1 Å². The molecule has 0 saturated heterocycles. The average Bonchev–Trinajstić information content (AvgIpc) is 2.62. The number of methoxy groups -OCH3 is 1. The van der Waals surface area contributed by atoms with Crippen LogP contribution in [-0.2, 0) is 4.74 Å². The van der Waals surface area contributed by atoms with E-state index in [4.69, 9.17) is 9.47 Å². The van der Waals surface area contributed by atoms with Crippen LogP contribution in [0.25, 0.3) is 0 Å². The highest BCUT2D eigenvalue weighted by molar-refractivity contribution is 5.95. The molecule has 0 fully saturated rings. The molecule has 0 radical (unpaired) electrons. The van der Waals surface area contributed by atoms with Crippen LogP contribution in [0.4, 0.5) is 10.5 Å². The zero-order chi connectivity index (χ0) is 19.1. The Bertz CT molecular complexity index is 772. The Balaban J connectivity index is 2.05. The minimum absolute atomic E-state index is 0.205. The van der Waals surface area contributed by atoms with Crippen LogP contribution in [0.2, 0.25) is 0 Å². The molecule has 2 aromatic carbocycles. The number of benzene rings is 2. The number of carbonyl (C=O) groups is 2. The van der Waals surface area contributed by atoms with E-state index in [0.29, 0.717) is 17.9 Å². The van der Waals surface area contributed by atoms with Crippen LogP contribution < -0.4 is 15.4 Å². The molecule has 1 atom stereocenters. The van der Waals surface area contributed by atoms with E-state index in [9.17, 15) is 9.59 Å². The Morgan fingerprint density at radius 2 is 1.81 bits per heavy atom. The first-order valence-electron chi connectivity index (χ1n) is 8.43. The maximum Gasteiger partial charge on any atom is 0.411 e. The van der Waals surface area contributed by atoms with E-state index in [1.165, 1.54) is 0 Å². The van der Waals surface area contributed by atoms with Gasteiger partial charge in [0.25, 0.3) is 5.91 Å². The van der Waals surface area contributed by atoms with Crippen molar-refractivity contribution in [1.82, 2.24) is 5.32 Å². The number of nitrogens with one attached hydrogen (secondary N) is 2. The molecule has 138 valence electrons. The molecule has 0 unspecified atom stereocenters. The second kappa shape index (κ2) is 8.89. The first-order valence-corrected chi connectivity index (χ1v) is 8.43. The van der Waals surface area contributed by atoms with Crippen LogP contribution in [0.1, 0.15) is 41.4 Å². The molecule has 6 heteroatoms. The maximum atomic E-state index is 12.5. The van der Waals surface area contributed by atoms with Crippen molar-refractivity contribution in [1.29, 1.82) is 0 Å². The monoisotopic (exact) mass is 356 g/mol. The summed E-state index contributed by atoms with van der Waals surface area (Å²) in [6.07, 6.45) is -0.523. The van der Waals surface area contributed by atoms with E-state index in [-0.39, 0.29) is 11.9 Å². The molecule has 6 nitrogen and oxygen atoms in total. The van der Waals surface area contributed by atoms with Gasteiger partial charge in [0.2, 0.25) is 0 Å². The van der Waals surface area contributed by atoms with Crippen LogP contribution in [-0.4, -0.2) is 25.7 Å². The quantitative estimate of drug-likeness (QED) is 0.818. The van der Waals surface area contributed by atoms with Gasteiger partial charge in [-0.15, -0.1) is 0 Å². The Labute approximate surface area is 153 Å². The molecule has 0 aliphatic rings. The van der Waals surface area contributed by atoms with Gasteiger partial charge < -0.3 is 14.8 Å². The van der Waals surface area contributed by atoms with Crippen LogP contribution in [0.5, 0.6) is 5.75 Å². The first-order chi connectivity index (χ1) is 12.4. The van der Waals surface area contributed by atoms with Crippen molar-refractivity contribution in [2.24, 2.45) is 0 Å². The van der Waals surface area contributed by atoms with Crippen molar-refractivity contribution in [2.75, 3.05) is 19.0 Å². The Morgan fingerprint density at radius 3 is 2.42 bits per heavy atom. The molecule has 2 rings (SSSR count). The Morgan fingerprint density at radius 1 is 1.12 bits per heavy atom. The zero-order valence-corrected chi connectivity index (χ0v) is 15.5. The summed E-state index contributed by atoms with van der Waals surface area (Å²) in [4.78, 5) is 23.9. The third kappa shape index (κ3) is 4.99. The fourth-order valence-electron chi connectivity index (χ4n) is 2.54. The smallest absolute Gasteiger partial charge is 0.411 e. The standard InChI is InChI=1S/C20H24N2O4/c1-5-26-20(24)22-16-9-7-15(8-10-16)19(23)21-14(3)17-12-13(2)6-11-18(17)25-4/h6-12,14H,5H2,1-4H3,(H,21,23)(H,22,24)/t14-/m0/s1. The number of carbonyl (C=O) groups excluding carboxylic acids is 2. The van der Waals surface area contributed by atoms with Gasteiger partial charge in [-0.3, -0.25) is 10.1 Å². The summed E-state index contributed by atoms with van der Waals surface area (Å²) in [5.74, 6) is 0.529. The largest absolute Gasteiger partial charge is 0.496 e. The second-order valence-electron chi connectivity index (χ2n) is 5.86. The minimum atomic E-state index is -0.523. The predicted molar refractivity (Wildman–Crippen MR) is 101 cm³/mol. The van der Waals surface area contributed by atoms with Crippen LogP contribution in [0.3, 0.4) is 0 Å². The van der Waals surface area contributed by atoms with E-state index >= 15 is 0 Å². The maximum absolute atomic E-state index is 12.5. The van der Waals surface area contributed by atoms with Gasteiger partial charge in [0.15, 0.2) is 0 Å². The molecule has 0 bridgehead atoms. The molecule has 26 heavy (non-hydrogen) atoms. The normalized spacial score (nSPS) is 11.4. The Hall–Kier alpha value is -3.02. The fourth-order valence-corrected chi connectivity index (χ4v) is 2.54. The number of rotatable bonds is 6. The summed E-state index contributed by atoms with van der Waals surface area (Å²) in [7, 11) is 1.61. The fraction of sp³-hybridized carbons (Fsp3) is 0.300. The summed E-state index contributed by atoms with van der Waals surface area (Å²) in [6, 6.07) is 12.3. The Kier molecular flexibility index (Phi) is 6.60. The topological polar surface area (TPSA) is 76.7 Å². The number of amides is 2. The van der Waals surface area contributed by atoms with E-state index in [1.54, 1.807) is 38.3 Å². The van der Waals surface area contributed by atoms with Gasteiger partial charge in [-0.25, -0.2) is 4.79 Å². The lowest BCUT2D eigenvalue weighted by Crippen LogP contribution is -2.27. The lowest BCUT2D eigenvalue weighted by Gasteiger charge is -2.18. The molecule has 0 aliphatic carbocycles. The minimum Gasteiger partial charge on any atom is -0.496 e. The molecule has 2 amide bonds. The van der Waals surface area contributed by atoms with Gasteiger partial charge in [0.1, 0.15) is 5.75 Å². The van der Waals surface area contributed by atoms with E-state index in [2.05, 4.69) is 10.6 Å². The third-order valence-electron chi connectivity index (χ3n) is 3.87. The third-order valence-corrected chi connectivity index (χ3v) is 3.87. The van der Waals surface area contributed by atoms with Crippen molar-refractivity contribution in [2.45, 2.75) is 26.8 Å². The highest BCUT2D eigenvalue weighted by Gasteiger charge is 2.15. The molecule has 0 saturated carbocycles. The highest BCUT2D eigenvalue weighted by Crippen LogP contribution is 2.26. The summed E-state index contributed by atoms with van der Waals surface area (Å²) >= 11 is 0. The molecular formula is C20H24N2O4. The molecule has 0 aromatic heterocycles. The summed E-state index contributed by atoms with van der Waals surface area (Å²) in [5, 5.41) is 5.55. The summed E-state index contributed by atoms with van der Waals surface area (Å²) in [5.41, 5.74) is 3.07. The van der Waals surface area contributed by atoms with Crippen molar-refractivity contribution >= 4 is 17.7 Å². The van der Waals surface area contributed by atoms with Crippen LogP contribution in [0, 0.1) is 6.92 Å². The van der Waals surface area contributed by atoms with Gasteiger partial charge in [-0.1, -0.05) is 17.7 Å². The predicted octanol–water partition coefficient (Wildman–Crippen LogP) is 4.06. The van der Waals surface area contributed by atoms with Gasteiger partial charge >= 0.3 is 6.09 Å². The van der Waals surface area contributed by atoms with Crippen LogP contribution >= 0.6 is 0 Å². The van der Waals surface area contributed by atoms with Gasteiger partial charge in [-0.2, -0.15) is 0 Å². The molecule has 0 heterocycles. The first kappa shape index (κ1) is 19.3. The van der Waals surface area contributed by atoms with Gasteiger partial charge in [-0.05, 0) is 51.1 Å². The number of hydrogen-bond donors (Lipinski definition) is 2. The van der Waals surface area contributed by atoms with E-state index in [1.807, 2.05) is 32.0 Å². The van der Waals surface area contributed by atoms with Crippen molar-refractivity contribution in [3.63, 3.8) is 0 Å². The van der Waals surface area contributed by atoms with Crippen molar-refractivity contribution in [3.8, 4) is 5.75 Å². The van der Waals surface area contributed by atoms with Crippen LogP contribution in [0.15, 0.2) is 42.5 Å². The van der Waals surface area contributed by atoms with E-state index < -0.39 is 6.09 Å². The second-order valence-corrected chi connectivity index (χ2v) is 5.86. The highest BCUT2D eigenvalue weighted by atomic mass is 16.5. The molecule has 2 N–H and O–H groups in total. The van der Waals surface area contributed by atoms with E-state index in [0.717, 1.165) is 16.9 Å². The lowest BCUT2D eigenvalue weighted by atomic mass is 10.0. The zero-order valence-electron chi connectivity index (χ0n) is 15.5. The SMILES string of the molecule is CCOC(=O)Nc1ccc(C(=O)N[C@@H](C)c2cc(C)ccc2OC)cc1. The molecule has 0 spiro atoms. The van der Waals surface area contributed by atoms with Crippen molar-refractivity contribution in [3.05, 3.63) is 59.2 Å². The van der Waals surface area contributed by atoms with Gasteiger partial charge in [0.05, 0.1) is 19.8 Å². The number of ether oxygens (including phenoxy) is 2. The summed E-state index contributed by atoms with van der Waals surface area (Å²) < 4.78 is 10.2. The molecule has 0 aliphatic heterocycles. The molecule has 2 aromatic rings. The molecular weight excluding hydrogens is 332 g/mol. The number of aryl methyl sites for hydroxylation is 1. The lowest BCUT2D eigenvalue weighted by molar-refractivity contribution is 0.0939. The summed E-state index contributed by atoms with van der Waals surface area (Å²) in [6.45, 7) is 5.93.